The molecule has 1 heterocycles. The summed E-state index contributed by atoms with van der Waals surface area (Å²) in [6.07, 6.45) is 0. The van der Waals surface area contributed by atoms with Crippen molar-refractivity contribution in [1.82, 2.24) is 4.31 Å². The minimum absolute atomic E-state index is 0.0183. The van der Waals surface area contributed by atoms with Crippen LogP contribution in [0.3, 0.4) is 0 Å². The van der Waals surface area contributed by atoms with Gasteiger partial charge in [0.25, 0.3) is 15.9 Å². The van der Waals surface area contributed by atoms with Crippen molar-refractivity contribution in [3.05, 3.63) is 72.3 Å². The van der Waals surface area contributed by atoms with Crippen LogP contribution in [0.15, 0.2) is 76.5 Å². The molecule has 2 N–H and O–H groups in total. The lowest BCUT2D eigenvalue weighted by Gasteiger charge is -2.19. The molecule has 0 aliphatic carbocycles. The summed E-state index contributed by atoms with van der Waals surface area (Å²) in [7, 11) is -4.72. The SMILES string of the molecule is CN(C)S(=O)(=O)c1ccc(NC(=O)COC(=O)c2ccc(NS(=O)(=O)c3ccc4c(c3)OCCO4)cc2)cc1. The highest BCUT2D eigenvalue weighted by atomic mass is 32.2. The van der Waals surface area contributed by atoms with Crippen molar-refractivity contribution >= 4 is 43.3 Å². The Labute approximate surface area is 225 Å². The number of fused-ring (bicyclic) bond motifs is 1. The van der Waals surface area contributed by atoms with E-state index in [1.165, 1.54) is 80.8 Å². The highest BCUT2D eigenvalue weighted by molar-refractivity contribution is 7.92. The fraction of sp³-hybridized carbons (Fsp3) is 0.200. The molecule has 0 aromatic heterocycles. The van der Waals surface area contributed by atoms with Crippen molar-refractivity contribution in [2.24, 2.45) is 0 Å². The Morgan fingerprint density at radius 3 is 2.05 bits per heavy atom. The average molecular weight is 576 g/mol. The van der Waals surface area contributed by atoms with Crippen LogP contribution in [0.25, 0.3) is 0 Å². The Morgan fingerprint density at radius 2 is 1.41 bits per heavy atom. The molecule has 0 fully saturated rings. The molecule has 3 aromatic rings. The lowest BCUT2D eigenvalue weighted by atomic mass is 10.2. The van der Waals surface area contributed by atoms with Gasteiger partial charge in [-0.05, 0) is 60.7 Å². The second-order valence-electron chi connectivity index (χ2n) is 8.42. The van der Waals surface area contributed by atoms with Crippen molar-refractivity contribution < 1.29 is 40.6 Å². The molecule has 0 saturated carbocycles. The predicted molar refractivity (Wildman–Crippen MR) is 141 cm³/mol. The molecule has 1 amide bonds. The summed E-state index contributed by atoms with van der Waals surface area (Å²) < 4.78 is 69.1. The molecule has 0 atom stereocenters. The number of carbonyl (C=O) groups excluding carboxylic acids is 2. The van der Waals surface area contributed by atoms with Crippen LogP contribution in [-0.4, -0.2) is 66.9 Å². The van der Waals surface area contributed by atoms with E-state index in [0.717, 1.165) is 4.31 Å². The Morgan fingerprint density at radius 1 is 0.821 bits per heavy atom. The number of hydrogen-bond donors (Lipinski definition) is 2. The molecule has 14 heteroatoms. The maximum absolute atomic E-state index is 12.8. The van der Waals surface area contributed by atoms with Crippen molar-refractivity contribution in [2.75, 3.05) is 44.0 Å². The van der Waals surface area contributed by atoms with Gasteiger partial charge in [0.2, 0.25) is 10.0 Å². The molecule has 0 saturated heterocycles. The second-order valence-corrected chi connectivity index (χ2v) is 12.3. The van der Waals surface area contributed by atoms with Gasteiger partial charge in [-0.3, -0.25) is 9.52 Å². The summed E-state index contributed by atoms with van der Waals surface area (Å²) in [6, 6.07) is 15.3. The Hall–Kier alpha value is -4.14. The molecule has 3 aromatic carbocycles. The van der Waals surface area contributed by atoms with E-state index in [9.17, 15) is 26.4 Å². The van der Waals surface area contributed by atoms with Gasteiger partial charge in [0.1, 0.15) is 13.2 Å². The molecule has 206 valence electrons. The number of ether oxygens (including phenoxy) is 3. The van der Waals surface area contributed by atoms with Gasteiger partial charge in [-0.1, -0.05) is 0 Å². The van der Waals surface area contributed by atoms with Gasteiger partial charge in [-0.2, -0.15) is 0 Å². The normalized spacial score (nSPS) is 13.0. The summed E-state index contributed by atoms with van der Waals surface area (Å²) in [6.45, 7) is 0.116. The van der Waals surface area contributed by atoms with Gasteiger partial charge in [0.05, 0.1) is 15.4 Å². The van der Waals surface area contributed by atoms with Crippen LogP contribution in [0.5, 0.6) is 11.5 Å². The molecule has 0 unspecified atom stereocenters. The van der Waals surface area contributed by atoms with Gasteiger partial charge >= 0.3 is 5.97 Å². The Balaban J connectivity index is 1.31. The summed E-state index contributed by atoms with van der Waals surface area (Å²) >= 11 is 0. The third-order valence-electron chi connectivity index (χ3n) is 5.45. The van der Waals surface area contributed by atoms with Crippen LogP contribution in [0, 0.1) is 0 Å². The first-order valence-corrected chi connectivity index (χ1v) is 14.4. The van der Waals surface area contributed by atoms with Gasteiger partial charge in [-0.15, -0.1) is 0 Å². The van der Waals surface area contributed by atoms with E-state index in [4.69, 9.17) is 14.2 Å². The van der Waals surface area contributed by atoms with Crippen LogP contribution < -0.4 is 19.5 Å². The zero-order valence-electron chi connectivity index (χ0n) is 20.9. The van der Waals surface area contributed by atoms with Crippen molar-refractivity contribution in [1.29, 1.82) is 0 Å². The summed E-state index contributed by atoms with van der Waals surface area (Å²) in [5, 5.41) is 2.51. The van der Waals surface area contributed by atoms with E-state index in [1.54, 1.807) is 0 Å². The first kappa shape index (κ1) is 27.9. The Bertz CT molecular complexity index is 1590. The highest BCUT2D eigenvalue weighted by Gasteiger charge is 2.20. The topological polar surface area (TPSA) is 157 Å². The lowest BCUT2D eigenvalue weighted by Crippen LogP contribution is -2.22. The molecule has 1 aliphatic heterocycles. The van der Waals surface area contributed by atoms with Crippen LogP contribution in [0.1, 0.15) is 10.4 Å². The number of benzene rings is 3. The molecule has 12 nitrogen and oxygen atoms in total. The molecule has 0 bridgehead atoms. The van der Waals surface area contributed by atoms with Gasteiger partial charge in [0.15, 0.2) is 18.1 Å². The molecule has 0 spiro atoms. The number of sulfonamides is 2. The number of anilines is 2. The van der Waals surface area contributed by atoms with E-state index in [-0.39, 0.29) is 21.0 Å². The Kier molecular flexibility index (Phi) is 8.09. The molecular weight excluding hydrogens is 550 g/mol. The summed E-state index contributed by atoms with van der Waals surface area (Å²) in [4.78, 5) is 24.5. The molecule has 0 radical (unpaired) electrons. The maximum atomic E-state index is 12.8. The van der Waals surface area contributed by atoms with Gasteiger partial charge in [0, 0.05) is 31.5 Å². The van der Waals surface area contributed by atoms with Crippen molar-refractivity contribution in [3.63, 3.8) is 0 Å². The van der Waals surface area contributed by atoms with Gasteiger partial charge in [-0.25, -0.2) is 25.9 Å². The van der Waals surface area contributed by atoms with Crippen LogP contribution in [-0.2, 0) is 29.6 Å². The monoisotopic (exact) mass is 575 g/mol. The van der Waals surface area contributed by atoms with E-state index >= 15 is 0 Å². The first-order chi connectivity index (χ1) is 18.5. The average Bonchev–Trinajstić information content (AvgIpc) is 2.92. The van der Waals surface area contributed by atoms with E-state index in [1.807, 2.05) is 0 Å². The van der Waals surface area contributed by atoms with Crippen molar-refractivity contribution in [3.8, 4) is 11.5 Å². The molecular formula is C25H25N3O9S2. The van der Waals surface area contributed by atoms with E-state index in [2.05, 4.69) is 10.0 Å². The minimum atomic E-state index is -3.94. The second kappa shape index (κ2) is 11.3. The van der Waals surface area contributed by atoms with Gasteiger partial charge < -0.3 is 19.5 Å². The smallest absolute Gasteiger partial charge is 0.338 e. The predicted octanol–water partition coefficient (Wildman–Crippen LogP) is 2.30. The summed E-state index contributed by atoms with van der Waals surface area (Å²) in [5.74, 6) is -0.625. The fourth-order valence-corrected chi connectivity index (χ4v) is 5.39. The number of nitrogens with one attached hydrogen (secondary N) is 2. The fourth-order valence-electron chi connectivity index (χ4n) is 3.41. The number of amides is 1. The van der Waals surface area contributed by atoms with Crippen LogP contribution >= 0.6 is 0 Å². The standard InChI is InChI=1S/C25H25N3O9S2/c1-28(2)39(33,34)20-9-7-18(8-10-20)26-24(29)16-37-25(30)17-3-5-19(6-4-17)27-38(31,32)21-11-12-22-23(15-21)36-14-13-35-22/h3-12,15,27H,13-14,16H2,1-2H3,(H,26,29). The minimum Gasteiger partial charge on any atom is -0.486 e. The zero-order valence-corrected chi connectivity index (χ0v) is 22.5. The molecule has 1 aliphatic rings. The number of rotatable bonds is 9. The number of esters is 1. The number of hydrogen-bond acceptors (Lipinski definition) is 9. The summed E-state index contributed by atoms with van der Waals surface area (Å²) in [5.41, 5.74) is 0.630. The quantitative estimate of drug-likeness (QED) is 0.365. The largest absolute Gasteiger partial charge is 0.486 e. The van der Waals surface area contributed by atoms with Crippen molar-refractivity contribution in [2.45, 2.75) is 9.79 Å². The first-order valence-electron chi connectivity index (χ1n) is 11.5. The molecule has 4 rings (SSSR count). The van der Waals surface area contributed by atoms with Crippen LogP contribution in [0.4, 0.5) is 11.4 Å². The molecule has 39 heavy (non-hydrogen) atoms. The van der Waals surface area contributed by atoms with Crippen LogP contribution in [0.2, 0.25) is 0 Å². The number of nitrogens with zero attached hydrogens (tertiary/aromatic N) is 1. The van der Waals surface area contributed by atoms with E-state index in [0.29, 0.717) is 30.4 Å². The lowest BCUT2D eigenvalue weighted by molar-refractivity contribution is -0.119. The highest BCUT2D eigenvalue weighted by Crippen LogP contribution is 2.32. The third-order valence-corrected chi connectivity index (χ3v) is 8.66. The third kappa shape index (κ3) is 6.66. The zero-order chi connectivity index (χ0) is 28.2. The maximum Gasteiger partial charge on any atom is 0.338 e. The number of carbonyl (C=O) groups is 2. The van der Waals surface area contributed by atoms with E-state index < -0.39 is 38.5 Å².